The quantitative estimate of drug-likeness (QED) is 0.416. The second-order valence-electron chi connectivity index (χ2n) is 2.84. The van der Waals surface area contributed by atoms with Crippen molar-refractivity contribution in [2.75, 3.05) is 20.8 Å². The van der Waals surface area contributed by atoms with Crippen LogP contribution >= 0.6 is 0 Å². The number of methoxy groups -OCH3 is 2. The van der Waals surface area contributed by atoms with Crippen LogP contribution < -0.4 is 0 Å². The van der Waals surface area contributed by atoms with Gasteiger partial charge in [-0.15, -0.1) is 0 Å². The third-order valence-corrected chi connectivity index (χ3v) is 1.82. The number of carbonyl (C=O) groups excluding carboxylic acids is 1. The van der Waals surface area contributed by atoms with Crippen LogP contribution in [0.2, 0.25) is 0 Å². The minimum absolute atomic E-state index is 0.131. The molecule has 0 fully saturated rings. The Morgan fingerprint density at radius 3 is 2.14 bits per heavy atom. The van der Waals surface area contributed by atoms with Crippen molar-refractivity contribution in [3.8, 4) is 0 Å². The van der Waals surface area contributed by atoms with E-state index in [1.807, 2.05) is 0 Å². The number of rotatable bonds is 7. The average molecular weight is 208 g/mol. The first kappa shape index (κ1) is 13.5. The molecule has 14 heavy (non-hydrogen) atoms. The number of hydrogen-bond acceptors (Lipinski definition) is 6. The summed E-state index contributed by atoms with van der Waals surface area (Å²) in [6.45, 7) is -0.131. The molecule has 0 heterocycles. The maximum absolute atomic E-state index is 10.4. The van der Waals surface area contributed by atoms with Gasteiger partial charge in [-0.1, -0.05) is 0 Å². The molecule has 0 rings (SSSR count). The predicted molar refractivity (Wildman–Crippen MR) is 46.8 cm³/mol. The van der Waals surface area contributed by atoms with Gasteiger partial charge in [-0.2, -0.15) is 0 Å². The highest BCUT2D eigenvalue weighted by molar-refractivity contribution is 5.57. The third-order valence-electron chi connectivity index (χ3n) is 1.82. The lowest BCUT2D eigenvalue weighted by Crippen LogP contribution is -2.47. The fourth-order valence-electron chi connectivity index (χ4n) is 0.967. The standard InChI is InChI=1S/C8H16O6/c1-13-4-5(10)7(11)8(12)6(3-9)14-2/h3,5-8,10-12H,4H2,1-2H3. The van der Waals surface area contributed by atoms with E-state index < -0.39 is 24.4 Å². The Labute approximate surface area is 82.1 Å². The molecule has 0 amide bonds. The van der Waals surface area contributed by atoms with Gasteiger partial charge in [0.2, 0.25) is 0 Å². The molecule has 0 aliphatic carbocycles. The topological polar surface area (TPSA) is 96.2 Å². The summed E-state index contributed by atoms with van der Waals surface area (Å²) < 4.78 is 9.15. The van der Waals surface area contributed by atoms with Crippen molar-refractivity contribution in [1.29, 1.82) is 0 Å². The van der Waals surface area contributed by atoms with E-state index in [1.54, 1.807) is 0 Å². The van der Waals surface area contributed by atoms with Gasteiger partial charge in [-0.05, 0) is 0 Å². The molecule has 6 heteroatoms. The van der Waals surface area contributed by atoms with Crippen LogP contribution in [-0.2, 0) is 14.3 Å². The maximum atomic E-state index is 10.4. The first-order valence-electron chi connectivity index (χ1n) is 4.09. The van der Waals surface area contributed by atoms with E-state index >= 15 is 0 Å². The molecule has 3 N–H and O–H groups in total. The Bertz CT molecular complexity index is 162. The van der Waals surface area contributed by atoms with E-state index in [0.717, 1.165) is 0 Å². The summed E-state index contributed by atoms with van der Waals surface area (Å²) in [5.41, 5.74) is 0. The molecule has 0 aromatic carbocycles. The van der Waals surface area contributed by atoms with Gasteiger partial charge in [0.05, 0.1) is 6.61 Å². The number of aldehydes is 1. The van der Waals surface area contributed by atoms with E-state index in [9.17, 15) is 20.1 Å². The van der Waals surface area contributed by atoms with E-state index in [2.05, 4.69) is 9.47 Å². The summed E-state index contributed by atoms with van der Waals surface area (Å²) in [7, 11) is 2.56. The van der Waals surface area contributed by atoms with Gasteiger partial charge >= 0.3 is 0 Å². The minimum Gasteiger partial charge on any atom is -0.388 e. The molecule has 0 bridgehead atoms. The Hall–Kier alpha value is -0.530. The fraction of sp³-hybridized carbons (Fsp3) is 0.875. The van der Waals surface area contributed by atoms with Crippen LogP contribution in [-0.4, -0.2) is 66.8 Å². The molecule has 4 unspecified atom stereocenters. The number of aliphatic hydroxyl groups is 3. The summed E-state index contributed by atoms with van der Waals surface area (Å²) in [6.07, 6.45) is -5.01. The second kappa shape index (κ2) is 6.86. The summed E-state index contributed by atoms with van der Waals surface area (Å²) >= 11 is 0. The van der Waals surface area contributed by atoms with Crippen molar-refractivity contribution in [1.82, 2.24) is 0 Å². The largest absolute Gasteiger partial charge is 0.388 e. The normalized spacial score (nSPS) is 19.8. The molecule has 0 saturated heterocycles. The first-order valence-corrected chi connectivity index (χ1v) is 4.09. The predicted octanol–water partition coefficient (Wildman–Crippen LogP) is -2.07. The van der Waals surface area contributed by atoms with Crippen LogP contribution in [0.3, 0.4) is 0 Å². The summed E-state index contributed by atoms with van der Waals surface area (Å²) in [6, 6.07) is 0. The molecular formula is C8H16O6. The molecule has 6 nitrogen and oxygen atoms in total. The minimum atomic E-state index is -1.48. The van der Waals surface area contributed by atoms with Crippen LogP contribution in [0.15, 0.2) is 0 Å². The zero-order chi connectivity index (χ0) is 11.1. The Morgan fingerprint density at radius 2 is 1.79 bits per heavy atom. The van der Waals surface area contributed by atoms with Gasteiger partial charge in [0.1, 0.15) is 24.4 Å². The van der Waals surface area contributed by atoms with Crippen LogP contribution in [0, 0.1) is 0 Å². The molecule has 0 aliphatic rings. The molecule has 0 aromatic heterocycles. The molecule has 0 aliphatic heterocycles. The zero-order valence-electron chi connectivity index (χ0n) is 8.16. The lowest BCUT2D eigenvalue weighted by Gasteiger charge is -2.25. The van der Waals surface area contributed by atoms with Crippen molar-refractivity contribution in [2.24, 2.45) is 0 Å². The first-order chi connectivity index (χ1) is 6.58. The van der Waals surface area contributed by atoms with Gasteiger partial charge in [0, 0.05) is 14.2 Å². The number of carbonyl (C=O) groups is 1. The van der Waals surface area contributed by atoms with Gasteiger partial charge in [-0.3, -0.25) is 0 Å². The molecule has 0 radical (unpaired) electrons. The van der Waals surface area contributed by atoms with Crippen molar-refractivity contribution < 1.29 is 29.6 Å². The molecule has 0 spiro atoms. The highest BCUT2D eigenvalue weighted by Crippen LogP contribution is 2.06. The highest BCUT2D eigenvalue weighted by Gasteiger charge is 2.31. The van der Waals surface area contributed by atoms with E-state index in [0.29, 0.717) is 6.29 Å². The Morgan fingerprint density at radius 1 is 1.21 bits per heavy atom. The lowest BCUT2D eigenvalue weighted by atomic mass is 10.0. The summed E-state index contributed by atoms with van der Waals surface area (Å²) in [5, 5.41) is 27.9. The van der Waals surface area contributed by atoms with Crippen molar-refractivity contribution >= 4 is 6.29 Å². The van der Waals surface area contributed by atoms with Gasteiger partial charge in [0.15, 0.2) is 6.29 Å². The van der Waals surface area contributed by atoms with Crippen molar-refractivity contribution in [3.63, 3.8) is 0 Å². The maximum Gasteiger partial charge on any atom is 0.151 e. The Kier molecular flexibility index (Phi) is 6.60. The third kappa shape index (κ3) is 3.69. The molecular weight excluding hydrogens is 192 g/mol. The summed E-state index contributed by atoms with van der Waals surface area (Å²) in [4.78, 5) is 10.4. The van der Waals surface area contributed by atoms with Gasteiger partial charge < -0.3 is 29.6 Å². The second-order valence-corrected chi connectivity index (χ2v) is 2.84. The SMILES string of the molecule is COCC(O)C(O)C(O)C(C=O)OC. The molecule has 84 valence electrons. The van der Waals surface area contributed by atoms with Crippen LogP contribution in [0.5, 0.6) is 0 Å². The van der Waals surface area contributed by atoms with E-state index in [4.69, 9.17) is 0 Å². The molecule has 0 aromatic rings. The average Bonchev–Trinajstić information content (AvgIpc) is 2.18. The number of aliphatic hydroxyl groups excluding tert-OH is 3. The van der Waals surface area contributed by atoms with Crippen molar-refractivity contribution in [2.45, 2.75) is 24.4 Å². The van der Waals surface area contributed by atoms with Crippen LogP contribution in [0.1, 0.15) is 0 Å². The zero-order valence-corrected chi connectivity index (χ0v) is 8.16. The van der Waals surface area contributed by atoms with Gasteiger partial charge in [0.25, 0.3) is 0 Å². The number of ether oxygens (including phenoxy) is 2. The summed E-state index contributed by atoms with van der Waals surface area (Å²) in [5.74, 6) is 0. The van der Waals surface area contributed by atoms with Crippen LogP contribution in [0.4, 0.5) is 0 Å². The lowest BCUT2D eigenvalue weighted by molar-refractivity contribution is -0.142. The van der Waals surface area contributed by atoms with Crippen molar-refractivity contribution in [3.05, 3.63) is 0 Å². The smallest absolute Gasteiger partial charge is 0.151 e. The fourth-order valence-corrected chi connectivity index (χ4v) is 0.967. The van der Waals surface area contributed by atoms with Crippen LogP contribution in [0.25, 0.3) is 0 Å². The Balaban J connectivity index is 4.20. The van der Waals surface area contributed by atoms with E-state index in [-0.39, 0.29) is 6.61 Å². The monoisotopic (exact) mass is 208 g/mol. The molecule has 4 atom stereocenters. The number of hydrogen-bond donors (Lipinski definition) is 3. The van der Waals surface area contributed by atoms with E-state index in [1.165, 1.54) is 14.2 Å². The van der Waals surface area contributed by atoms with Gasteiger partial charge in [-0.25, -0.2) is 0 Å². The molecule has 0 saturated carbocycles. The highest BCUT2D eigenvalue weighted by atomic mass is 16.5.